The van der Waals surface area contributed by atoms with Crippen LogP contribution in [-0.4, -0.2) is 11.0 Å². The molecular weight excluding hydrogens is 440 g/mol. The van der Waals surface area contributed by atoms with Crippen molar-refractivity contribution in [3.05, 3.63) is 75.8 Å². The average molecular weight is 456 g/mol. The van der Waals surface area contributed by atoms with Crippen molar-refractivity contribution in [3.8, 4) is 11.1 Å². The number of hydrogen-bond acceptors (Lipinski definition) is 3. The summed E-state index contributed by atoms with van der Waals surface area (Å²) in [4.78, 5) is 19.4. The summed E-state index contributed by atoms with van der Waals surface area (Å²) in [5, 5.41) is 6.75. The second kappa shape index (κ2) is 7.90. The largest absolute Gasteiger partial charge is 0.323 e. The summed E-state index contributed by atoms with van der Waals surface area (Å²) in [5.41, 5.74) is 3.17. The highest BCUT2D eigenvalue weighted by Crippen LogP contribution is 2.45. The third-order valence-electron chi connectivity index (χ3n) is 5.30. The highest BCUT2D eigenvalue weighted by Gasteiger charge is 2.24. The van der Waals surface area contributed by atoms with Gasteiger partial charge in [0.25, 0.3) is 0 Å². The van der Waals surface area contributed by atoms with E-state index < -0.39 is 17.7 Å². The summed E-state index contributed by atoms with van der Waals surface area (Å²) in [7, 11) is 0. The molecular formula is C23H16ClF2N3OS. The molecule has 0 aliphatic heterocycles. The maximum atomic E-state index is 14.0. The van der Waals surface area contributed by atoms with Gasteiger partial charge >= 0.3 is 6.03 Å². The number of urea groups is 1. The number of nitrogens with one attached hydrogen (secondary N) is 2. The number of carbonyl (C=O) groups is 1. The molecule has 0 fully saturated rings. The van der Waals surface area contributed by atoms with Crippen LogP contribution in [0.4, 0.5) is 25.0 Å². The Hall–Kier alpha value is -3.03. The van der Waals surface area contributed by atoms with Gasteiger partial charge in [-0.3, -0.25) is 0 Å². The standard InChI is InChI=1S/C23H16ClF2N3OS/c24-15-6-2-1-4-13(15)20-18(11-27-22-21(20)14-5-3-7-19(14)31-22)29-23(30)28-17-9-8-12(25)10-16(17)26/h1-2,4,6,8-11H,3,5,7H2,(H2,28,29,30). The van der Waals surface area contributed by atoms with Crippen LogP contribution in [0.3, 0.4) is 0 Å². The van der Waals surface area contributed by atoms with Crippen molar-refractivity contribution in [2.24, 2.45) is 0 Å². The topological polar surface area (TPSA) is 54.0 Å². The fraction of sp³-hybridized carbons (Fsp3) is 0.130. The number of aryl methyl sites for hydroxylation is 2. The number of thiophene rings is 1. The van der Waals surface area contributed by atoms with Crippen molar-refractivity contribution in [1.82, 2.24) is 4.98 Å². The molecule has 0 saturated carbocycles. The van der Waals surface area contributed by atoms with Crippen LogP contribution in [0.25, 0.3) is 21.3 Å². The molecule has 8 heteroatoms. The molecule has 2 aromatic heterocycles. The molecule has 2 heterocycles. The van der Waals surface area contributed by atoms with Crippen molar-refractivity contribution in [1.29, 1.82) is 0 Å². The number of aromatic nitrogens is 1. The zero-order valence-corrected chi connectivity index (χ0v) is 17.7. The summed E-state index contributed by atoms with van der Waals surface area (Å²) < 4.78 is 27.1. The lowest BCUT2D eigenvalue weighted by Gasteiger charge is -2.15. The average Bonchev–Trinajstić information content (AvgIpc) is 3.32. The molecule has 2 aromatic carbocycles. The van der Waals surface area contributed by atoms with Gasteiger partial charge in [0.15, 0.2) is 0 Å². The minimum absolute atomic E-state index is 0.122. The second-order valence-corrected chi connectivity index (χ2v) is 8.76. The Balaban J connectivity index is 1.59. The molecule has 0 saturated heterocycles. The van der Waals surface area contributed by atoms with E-state index in [2.05, 4.69) is 15.6 Å². The fourth-order valence-electron chi connectivity index (χ4n) is 3.97. The number of anilines is 2. The van der Waals surface area contributed by atoms with Gasteiger partial charge in [-0.05, 0) is 43.0 Å². The van der Waals surface area contributed by atoms with Crippen LogP contribution in [0.2, 0.25) is 5.02 Å². The Labute approximate surface area is 185 Å². The third kappa shape index (κ3) is 3.64. The molecule has 0 unspecified atom stereocenters. The highest BCUT2D eigenvalue weighted by atomic mass is 35.5. The minimum Gasteiger partial charge on any atom is -0.306 e. The Morgan fingerprint density at radius 2 is 1.87 bits per heavy atom. The zero-order valence-electron chi connectivity index (χ0n) is 16.1. The van der Waals surface area contributed by atoms with E-state index in [1.165, 1.54) is 16.5 Å². The molecule has 31 heavy (non-hydrogen) atoms. The normalized spacial score (nSPS) is 12.7. The number of rotatable bonds is 3. The van der Waals surface area contributed by atoms with Crippen molar-refractivity contribution in [2.75, 3.05) is 10.6 Å². The van der Waals surface area contributed by atoms with E-state index in [-0.39, 0.29) is 5.69 Å². The van der Waals surface area contributed by atoms with E-state index in [4.69, 9.17) is 11.6 Å². The van der Waals surface area contributed by atoms with Gasteiger partial charge < -0.3 is 10.6 Å². The predicted molar refractivity (Wildman–Crippen MR) is 121 cm³/mol. The Bertz CT molecular complexity index is 1340. The van der Waals surface area contributed by atoms with Crippen molar-refractivity contribution < 1.29 is 13.6 Å². The number of amides is 2. The molecule has 1 aliphatic carbocycles. The molecule has 0 radical (unpaired) electrons. The van der Waals surface area contributed by atoms with E-state index in [1.807, 2.05) is 18.2 Å². The van der Waals surface area contributed by atoms with E-state index in [1.54, 1.807) is 23.6 Å². The summed E-state index contributed by atoms with van der Waals surface area (Å²) in [6.45, 7) is 0. The first kappa shape index (κ1) is 19.9. The number of fused-ring (bicyclic) bond motifs is 3. The lowest BCUT2D eigenvalue weighted by molar-refractivity contribution is 0.262. The molecule has 2 amide bonds. The van der Waals surface area contributed by atoms with E-state index in [0.717, 1.165) is 46.7 Å². The molecule has 4 nitrogen and oxygen atoms in total. The minimum atomic E-state index is -0.856. The van der Waals surface area contributed by atoms with Gasteiger partial charge in [0.05, 0.1) is 17.6 Å². The second-order valence-electron chi connectivity index (χ2n) is 7.27. The Morgan fingerprint density at radius 1 is 1.06 bits per heavy atom. The van der Waals surface area contributed by atoms with E-state index in [9.17, 15) is 13.6 Å². The van der Waals surface area contributed by atoms with Crippen LogP contribution < -0.4 is 10.6 Å². The van der Waals surface area contributed by atoms with E-state index >= 15 is 0 Å². The lowest BCUT2D eigenvalue weighted by Crippen LogP contribution is -2.20. The molecule has 156 valence electrons. The third-order valence-corrected chi connectivity index (χ3v) is 6.83. The SMILES string of the molecule is O=C(Nc1ccc(F)cc1F)Nc1cnc2sc3c(c2c1-c1ccccc1Cl)CCC3. The van der Waals surface area contributed by atoms with Gasteiger partial charge in [-0.1, -0.05) is 29.8 Å². The van der Waals surface area contributed by atoms with Crippen molar-refractivity contribution >= 4 is 50.6 Å². The summed E-state index contributed by atoms with van der Waals surface area (Å²) in [6, 6.07) is 9.74. The van der Waals surface area contributed by atoms with Gasteiger partial charge in [-0.25, -0.2) is 18.6 Å². The van der Waals surface area contributed by atoms with E-state index in [0.29, 0.717) is 16.8 Å². The smallest absolute Gasteiger partial charge is 0.306 e. The van der Waals surface area contributed by atoms with Gasteiger partial charge in [0.2, 0.25) is 0 Å². The van der Waals surface area contributed by atoms with Gasteiger partial charge in [-0.2, -0.15) is 0 Å². The summed E-state index contributed by atoms with van der Waals surface area (Å²) in [5.74, 6) is -1.57. The summed E-state index contributed by atoms with van der Waals surface area (Å²) >= 11 is 8.19. The molecule has 1 aliphatic rings. The number of nitrogens with zero attached hydrogens (tertiary/aromatic N) is 1. The first-order chi connectivity index (χ1) is 15.0. The summed E-state index contributed by atoms with van der Waals surface area (Å²) in [6.07, 6.45) is 4.64. The first-order valence-electron chi connectivity index (χ1n) is 9.72. The molecule has 0 atom stereocenters. The molecule has 2 N–H and O–H groups in total. The fourth-order valence-corrected chi connectivity index (χ4v) is 5.44. The molecule has 5 rings (SSSR count). The van der Waals surface area contributed by atoms with Crippen LogP contribution in [-0.2, 0) is 12.8 Å². The maximum Gasteiger partial charge on any atom is 0.323 e. The maximum absolute atomic E-state index is 14.0. The quantitative estimate of drug-likeness (QED) is 0.348. The van der Waals surface area contributed by atoms with Gasteiger partial charge in [-0.15, -0.1) is 11.3 Å². The van der Waals surface area contributed by atoms with Gasteiger partial charge in [0.1, 0.15) is 16.5 Å². The Morgan fingerprint density at radius 3 is 2.68 bits per heavy atom. The first-order valence-corrected chi connectivity index (χ1v) is 10.9. The van der Waals surface area contributed by atoms with Crippen LogP contribution >= 0.6 is 22.9 Å². The molecule has 0 bridgehead atoms. The number of benzene rings is 2. The number of hydrogen-bond donors (Lipinski definition) is 2. The Kier molecular flexibility index (Phi) is 5.08. The highest BCUT2D eigenvalue weighted by molar-refractivity contribution is 7.19. The molecule has 4 aromatic rings. The number of pyridine rings is 1. The van der Waals surface area contributed by atoms with Crippen LogP contribution in [0.5, 0.6) is 0 Å². The predicted octanol–water partition coefficient (Wildman–Crippen LogP) is 7.03. The van der Waals surface area contributed by atoms with Crippen LogP contribution in [0.1, 0.15) is 16.9 Å². The van der Waals surface area contributed by atoms with Crippen molar-refractivity contribution in [2.45, 2.75) is 19.3 Å². The van der Waals surface area contributed by atoms with Gasteiger partial charge in [0, 0.05) is 32.5 Å². The zero-order chi connectivity index (χ0) is 21.5. The molecule has 0 spiro atoms. The number of halogens is 3. The number of carbonyl (C=O) groups excluding carboxylic acids is 1. The lowest BCUT2D eigenvalue weighted by atomic mass is 9.98. The van der Waals surface area contributed by atoms with Crippen LogP contribution in [0.15, 0.2) is 48.7 Å². The van der Waals surface area contributed by atoms with Crippen molar-refractivity contribution in [3.63, 3.8) is 0 Å². The van der Waals surface area contributed by atoms with Crippen LogP contribution in [0, 0.1) is 11.6 Å². The monoisotopic (exact) mass is 455 g/mol.